The summed E-state index contributed by atoms with van der Waals surface area (Å²) in [4.78, 5) is 25.8. The standard InChI is InChI=1S/C26H28N2O5/c1-4-17-8-10-18(11-9-17)25(31)28-23(19-7-5-6-16(2)12-19)24(30)26(32)27-20-13-21(29)15-22(14-20)33-3/h5-15,23-24,29-30H,4H2,1-3H3,(H,27,32)(H,28,31). The second-order valence-corrected chi connectivity index (χ2v) is 7.77. The minimum absolute atomic E-state index is 0.0989. The Bertz CT molecular complexity index is 1130. The van der Waals surface area contributed by atoms with E-state index in [1.807, 2.05) is 32.0 Å². The van der Waals surface area contributed by atoms with E-state index in [4.69, 9.17) is 4.74 Å². The van der Waals surface area contributed by atoms with Crippen LogP contribution in [0.1, 0.15) is 40.0 Å². The summed E-state index contributed by atoms with van der Waals surface area (Å²) in [6.45, 7) is 3.91. The van der Waals surface area contributed by atoms with E-state index in [-0.39, 0.29) is 11.4 Å². The predicted octanol–water partition coefficient (Wildman–Crippen LogP) is 3.74. The summed E-state index contributed by atoms with van der Waals surface area (Å²) >= 11 is 0. The summed E-state index contributed by atoms with van der Waals surface area (Å²) < 4.78 is 5.09. The van der Waals surface area contributed by atoms with E-state index < -0.39 is 24.0 Å². The molecular weight excluding hydrogens is 420 g/mol. The van der Waals surface area contributed by atoms with Crippen molar-refractivity contribution in [1.29, 1.82) is 0 Å². The largest absolute Gasteiger partial charge is 0.508 e. The number of amides is 2. The fourth-order valence-corrected chi connectivity index (χ4v) is 3.47. The summed E-state index contributed by atoms with van der Waals surface area (Å²) in [7, 11) is 1.44. The number of benzene rings is 3. The van der Waals surface area contributed by atoms with Crippen LogP contribution in [0.25, 0.3) is 0 Å². The van der Waals surface area contributed by atoms with Gasteiger partial charge >= 0.3 is 0 Å². The lowest BCUT2D eigenvalue weighted by atomic mass is 9.98. The summed E-state index contributed by atoms with van der Waals surface area (Å²) in [5, 5.41) is 26.1. The van der Waals surface area contributed by atoms with Crippen LogP contribution in [0.2, 0.25) is 0 Å². The Kier molecular flexibility index (Phi) is 7.69. The molecule has 0 aliphatic carbocycles. The third kappa shape index (κ3) is 6.11. The summed E-state index contributed by atoms with van der Waals surface area (Å²) in [6.07, 6.45) is -0.744. The second kappa shape index (κ2) is 10.7. The van der Waals surface area contributed by atoms with Crippen LogP contribution < -0.4 is 15.4 Å². The number of carbonyl (C=O) groups is 2. The number of methoxy groups -OCH3 is 1. The van der Waals surface area contributed by atoms with Crippen molar-refractivity contribution in [3.8, 4) is 11.5 Å². The number of carbonyl (C=O) groups excluding carboxylic acids is 2. The average Bonchev–Trinajstić information content (AvgIpc) is 2.81. The smallest absolute Gasteiger partial charge is 0.255 e. The average molecular weight is 449 g/mol. The van der Waals surface area contributed by atoms with Crippen molar-refractivity contribution in [3.05, 3.63) is 89.0 Å². The highest BCUT2D eigenvalue weighted by atomic mass is 16.5. The Balaban J connectivity index is 1.86. The molecule has 7 heteroatoms. The van der Waals surface area contributed by atoms with E-state index in [9.17, 15) is 19.8 Å². The van der Waals surface area contributed by atoms with Gasteiger partial charge in [-0.2, -0.15) is 0 Å². The van der Waals surface area contributed by atoms with E-state index in [1.165, 1.54) is 25.3 Å². The van der Waals surface area contributed by atoms with Gasteiger partial charge in [-0.15, -0.1) is 0 Å². The number of aliphatic hydroxyl groups excluding tert-OH is 1. The van der Waals surface area contributed by atoms with E-state index in [0.29, 0.717) is 16.9 Å². The molecular formula is C26H28N2O5. The van der Waals surface area contributed by atoms with E-state index in [0.717, 1.165) is 17.5 Å². The zero-order chi connectivity index (χ0) is 24.0. The van der Waals surface area contributed by atoms with Crippen LogP contribution in [-0.4, -0.2) is 35.2 Å². The third-order valence-electron chi connectivity index (χ3n) is 5.29. The van der Waals surface area contributed by atoms with Gasteiger partial charge in [-0.25, -0.2) is 0 Å². The van der Waals surface area contributed by atoms with E-state index in [1.54, 1.807) is 30.3 Å². The topological polar surface area (TPSA) is 108 Å². The molecule has 2 amide bonds. The minimum atomic E-state index is -1.60. The number of anilines is 1. The van der Waals surface area contributed by atoms with Gasteiger partial charge in [0.2, 0.25) is 0 Å². The number of rotatable bonds is 8. The number of aryl methyl sites for hydroxylation is 2. The maximum Gasteiger partial charge on any atom is 0.255 e. The van der Waals surface area contributed by atoms with Gasteiger partial charge in [-0.3, -0.25) is 9.59 Å². The number of hydrogen-bond donors (Lipinski definition) is 4. The van der Waals surface area contributed by atoms with Gasteiger partial charge in [0.1, 0.15) is 11.5 Å². The summed E-state index contributed by atoms with van der Waals surface area (Å²) in [5.74, 6) is -0.900. The van der Waals surface area contributed by atoms with E-state index >= 15 is 0 Å². The number of nitrogens with one attached hydrogen (secondary N) is 2. The van der Waals surface area contributed by atoms with Crippen LogP contribution in [0.4, 0.5) is 5.69 Å². The van der Waals surface area contributed by atoms with Gasteiger partial charge in [-0.05, 0) is 36.6 Å². The maximum absolute atomic E-state index is 12.9. The van der Waals surface area contributed by atoms with Crippen molar-refractivity contribution in [2.45, 2.75) is 32.4 Å². The fourth-order valence-electron chi connectivity index (χ4n) is 3.47. The molecule has 0 bridgehead atoms. The minimum Gasteiger partial charge on any atom is -0.508 e. The molecule has 3 aromatic rings. The predicted molar refractivity (Wildman–Crippen MR) is 127 cm³/mol. The fraction of sp³-hybridized carbons (Fsp3) is 0.231. The quantitative estimate of drug-likeness (QED) is 0.420. The van der Waals surface area contributed by atoms with Crippen LogP contribution in [0.3, 0.4) is 0 Å². The molecule has 7 nitrogen and oxygen atoms in total. The molecule has 0 saturated carbocycles. The first-order valence-electron chi connectivity index (χ1n) is 10.6. The maximum atomic E-state index is 12.9. The van der Waals surface area contributed by atoms with Crippen LogP contribution >= 0.6 is 0 Å². The number of aromatic hydroxyl groups is 1. The lowest BCUT2D eigenvalue weighted by Crippen LogP contribution is -2.42. The zero-order valence-corrected chi connectivity index (χ0v) is 18.8. The number of phenols is 1. The monoisotopic (exact) mass is 448 g/mol. The second-order valence-electron chi connectivity index (χ2n) is 7.77. The molecule has 0 radical (unpaired) electrons. The normalized spacial score (nSPS) is 12.5. The van der Waals surface area contributed by atoms with Gasteiger partial charge in [0, 0.05) is 29.4 Å². The molecule has 2 atom stereocenters. The molecule has 3 aromatic carbocycles. The van der Waals surface area contributed by atoms with Crippen molar-refractivity contribution in [1.82, 2.24) is 5.32 Å². The molecule has 0 aliphatic heterocycles. The van der Waals surface area contributed by atoms with Crippen molar-refractivity contribution < 1.29 is 24.5 Å². The van der Waals surface area contributed by atoms with Gasteiger partial charge in [0.15, 0.2) is 6.10 Å². The van der Waals surface area contributed by atoms with Crippen molar-refractivity contribution in [2.24, 2.45) is 0 Å². The van der Waals surface area contributed by atoms with Gasteiger partial charge in [0.05, 0.1) is 13.2 Å². The Morgan fingerprint density at radius 2 is 1.76 bits per heavy atom. The molecule has 3 rings (SSSR count). The highest BCUT2D eigenvalue weighted by molar-refractivity contribution is 5.97. The van der Waals surface area contributed by atoms with Crippen LogP contribution in [-0.2, 0) is 11.2 Å². The third-order valence-corrected chi connectivity index (χ3v) is 5.29. The number of aliphatic hydroxyl groups is 1. The van der Waals surface area contributed by atoms with Gasteiger partial charge in [-0.1, -0.05) is 48.9 Å². The Hall–Kier alpha value is -3.84. The molecule has 33 heavy (non-hydrogen) atoms. The van der Waals surface area contributed by atoms with Crippen molar-refractivity contribution in [3.63, 3.8) is 0 Å². The Morgan fingerprint density at radius 3 is 2.39 bits per heavy atom. The van der Waals surface area contributed by atoms with Crippen LogP contribution in [0.5, 0.6) is 11.5 Å². The molecule has 172 valence electrons. The van der Waals surface area contributed by atoms with E-state index in [2.05, 4.69) is 10.6 Å². The Labute approximate surface area is 193 Å². The molecule has 0 heterocycles. The summed E-state index contributed by atoms with van der Waals surface area (Å²) in [6, 6.07) is 17.6. The van der Waals surface area contributed by atoms with Crippen molar-refractivity contribution in [2.75, 3.05) is 12.4 Å². The first-order valence-corrected chi connectivity index (χ1v) is 10.6. The van der Waals surface area contributed by atoms with Crippen molar-refractivity contribution >= 4 is 17.5 Å². The molecule has 0 aliphatic rings. The number of hydrogen-bond acceptors (Lipinski definition) is 5. The first kappa shape index (κ1) is 23.8. The number of phenolic OH excluding ortho intramolecular Hbond substituents is 1. The number of ether oxygens (including phenoxy) is 1. The first-order chi connectivity index (χ1) is 15.8. The highest BCUT2D eigenvalue weighted by Crippen LogP contribution is 2.26. The highest BCUT2D eigenvalue weighted by Gasteiger charge is 2.30. The molecule has 0 fully saturated rings. The molecule has 0 spiro atoms. The zero-order valence-electron chi connectivity index (χ0n) is 18.8. The lowest BCUT2D eigenvalue weighted by molar-refractivity contribution is -0.125. The van der Waals surface area contributed by atoms with Crippen LogP contribution in [0, 0.1) is 6.92 Å². The molecule has 0 saturated heterocycles. The molecule has 2 unspecified atom stereocenters. The van der Waals surface area contributed by atoms with Crippen LogP contribution in [0.15, 0.2) is 66.7 Å². The Morgan fingerprint density at radius 1 is 1.03 bits per heavy atom. The lowest BCUT2D eigenvalue weighted by Gasteiger charge is -2.24. The molecule has 0 aromatic heterocycles. The van der Waals surface area contributed by atoms with Gasteiger partial charge < -0.3 is 25.6 Å². The molecule has 4 N–H and O–H groups in total. The SMILES string of the molecule is CCc1ccc(C(=O)NC(c2cccc(C)c2)C(O)C(=O)Nc2cc(O)cc(OC)c2)cc1. The van der Waals surface area contributed by atoms with Gasteiger partial charge in [0.25, 0.3) is 11.8 Å². The summed E-state index contributed by atoms with van der Waals surface area (Å²) in [5.41, 5.74) is 3.28.